The first-order valence-electron chi connectivity index (χ1n) is 7.86. The van der Waals surface area contributed by atoms with Crippen molar-refractivity contribution in [3.63, 3.8) is 0 Å². The Balaban J connectivity index is 2.20. The van der Waals surface area contributed by atoms with E-state index in [-0.39, 0.29) is 5.91 Å². The van der Waals surface area contributed by atoms with Crippen LogP contribution in [0, 0.1) is 5.82 Å². The second kappa shape index (κ2) is 6.00. The van der Waals surface area contributed by atoms with E-state index >= 15 is 0 Å². The molecule has 2 aromatic carbocycles. The molecular weight excluding hydrogens is 309 g/mol. The first-order chi connectivity index (χ1) is 11.4. The van der Waals surface area contributed by atoms with Gasteiger partial charge >= 0.3 is 0 Å². The van der Waals surface area contributed by atoms with Gasteiger partial charge in [-0.05, 0) is 31.5 Å². The predicted molar refractivity (Wildman–Crippen MR) is 89.2 cm³/mol. The van der Waals surface area contributed by atoms with E-state index in [0.29, 0.717) is 16.8 Å². The largest absolute Gasteiger partial charge is 0.394 e. The molecule has 4 nitrogen and oxygen atoms in total. The molecule has 0 radical (unpaired) electrons. The Morgan fingerprint density at radius 1 is 1.12 bits per heavy atom. The van der Waals surface area contributed by atoms with Crippen molar-refractivity contribution in [2.45, 2.75) is 31.4 Å². The number of halogens is 1. The molecule has 0 spiro atoms. The highest BCUT2D eigenvalue weighted by Crippen LogP contribution is 2.47. The Bertz CT molecular complexity index is 760. The van der Waals surface area contributed by atoms with E-state index in [0.717, 1.165) is 0 Å². The summed E-state index contributed by atoms with van der Waals surface area (Å²) in [5.41, 5.74) is 0.399. The van der Waals surface area contributed by atoms with Gasteiger partial charge in [0.05, 0.1) is 23.8 Å². The summed E-state index contributed by atoms with van der Waals surface area (Å²) in [5.74, 6) is -0.748. The third-order valence-corrected chi connectivity index (χ3v) is 4.60. The van der Waals surface area contributed by atoms with Crippen molar-refractivity contribution in [1.29, 1.82) is 0 Å². The Kier molecular flexibility index (Phi) is 4.15. The number of benzene rings is 2. The monoisotopic (exact) mass is 329 g/mol. The Morgan fingerprint density at radius 3 is 2.42 bits per heavy atom. The summed E-state index contributed by atoms with van der Waals surface area (Å²) < 4.78 is 14.4. The van der Waals surface area contributed by atoms with Gasteiger partial charge in [0.1, 0.15) is 11.9 Å². The Hall–Kier alpha value is -2.24. The lowest BCUT2D eigenvalue weighted by atomic mass is 9.86. The minimum Gasteiger partial charge on any atom is -0.394 e. The predicted octanol–water partition coefficient (Wildman–Crippen LogP) is 2.54. The first-order valence-corrected chi connectivity index (χ1v) is 7.86. The number of amides is 1. The molecule has 1 aliphatic rings. The van der Waals surface area contributed by atoms with Gasteiger partial charge in [0.15, 0.2) is 0 Å². The number of carbonyl (C=O) groups is 1. The summed E-state index contributed by atoms with van der Waals surface area (Å²) in [7, 11) is 0. The summed E-state index contributed by atoms with van der Waals surface area (Å²) in [5, 5.41) is 19.9. The van der Waals surface area contributed by atoms with Crippen LogP contribution in [0.3, 0.4) is 0 Å². The van der Waals surface area contributed by atoms with Gasteiger partial charge in [-0.3, -0.25) is 4.79 Å². The van der Waals surface area contributed by atoms with Crippen molar-refractivity contribution in [2.24, 2.45) is 0 Å². The summed E-state index contributed by atoms with van der Waals surface area (Å²) in [6, 6.07) is 12.7. The lowest BCUT2D eigenvalue weighted by molar-refractivity contribution is -0.123. The molecule has 0 fully saturated rings. The van der Waals surface area contributed by atoms with Crippen LogP contribution in [0.5, 0.6) is 0 Å². The number of carbonyl (C=O) groups excluding carboxylic acids is 1. The van der Waals surface area contributed by atoms with Gasteiger partial charge in [-0.15, -0.1) is 0 Å². The Labute approximate surface area is 140 Å². The number of hydrogen-bond acceptors (Lipinski definition) is 3. The molecule has 1 heterocycles. The number of rotatable bonds is 4. The van der Waals surface area contributed by atoms with Gasteiger partial charge in [-0.2, -0.15) is 0 Å². The molecule has 5 heteroatoms. The van der Waals surface area contributed by atoms with Crippen LogP contribution in [0.15, 0.2) is 48.5 Å². The van der Waals surface area contributed by atoms with Crippen molar-refractivity contribution in [3.8, 4) is 0 Å². The zero-order valence-corrected chi connectivity index (χ0v) is 13.6. The average Bonchev–Trinajstić information content (AvgIpc) is 2.77. The first kappa shape index (κ1) is 16.6. The molecule has 2 aromatic rings. The van der Waals surface area contributed by atoms with Crippen LogP contribution in [0.1, 0.15) is 31.0 Å². The summed E-state index contributed by atoms with van der Waals surface area (Å²) in [6.45, 7) is 2.84. The van der Waals surface area contributed by atoms with Gasteiger partial charge in [0.2, 0.25) is 5.91 Å². The van der Waals surface area contributed by atoms with E-state index in [1.165, 1.54) is 11.0 Å². The van der Waals surface area contributed by atoms with Crippen LogP contribution in [-0.2, 0) is 10.2 Å². The van der Waals surface area contributed by atoms with Gasteiger partial charge in [-0.1, -0.05) is 36.4 Å². The molecule has 2 N–H and O–H groups in total. The van der Waals surface area contributed by atoms with Crippen molar-refractivity contribution in [3.05, 3.63) is 65.5 Å². The SMILES string of the molecule is CC1(C)C(=O)N(C(c2ccccc2)[C@H](O)CO)c2cccc(F)c21. The summed E-state index contributed by atoms with van der Waals surface area (Å²) in [4.78, 5) is 14.4. The summed E-state index contributed by atoms with van der Waals surface area (Å²) in [6.07, 6.45) is -1.18. The molecule has 0 bridgehead atoms. The molecule has 126 valence electrons. The van der Waals surface area contributed by atoms with Gasteiger partial charge in [0.25, 0.3) is 0 Å². The zero-order valence-electron chi connectivity index (χ0n) is 13.6. The number of fused-ring (bicyclic) bond motifs is 1. The number of anilines is 1. The van der Waals surface area contributed by atoms with Crippen molar-refractivity contribution in [2.75, 3.05) is 11.5 Å². The van der Waals surface area contributed by atoms with Crippen molar-refractivity contribution in [1.82, 2.24) is 0 Å². The fourth-order valence-electron chi connectivity index (χ4n) is 3.42. The molecule has 24 heavy (non-hydrogen) atoms. The fraction of sp³-hybridized carbons (Fsp3) is 0.316. The standard InChI is InChI=1S/C19H20FNO3/c1-19(2)16-13(20)9-6-10-14(16)21(18(19)24)17(15(23)11-22)12-7-4-3-5-8-12/h3-10,15,17,22-23H,11H2,1-2H3/t15-,17?/m1/s1. The van der Waals surface area contributed by atoms with Crippen LogP contribution in [0.2, 0.25) is 0 Å². The highest BCUT2D eigenvalue weighted by atomic mass is 19.1. The highest BCUT2D eigenvalue weighted by Gasteiger charge is 2.49. The normalized spacial score (nSPS) is 18.4. The molecule has 0 saturated carbocycles. The minimum absolute atomic E-state index is 0.302. The molecule has 1 unspecified atom stereocenters. The van der Waals surface area contributed by atoms with E-state index in [2.05, 4.69) is 0 Å². The van der Waals surface area contributed by atoms with Crippen molar-refractivity contribution < 1.29 is 19.4 Å². The molecule has 0 aliphatic carbocycles. The number of aliphatic hydroxyl groups is 2. The third kappa shape index (κ3) is 2.41. The number of aliphatic hydroxyl groups excluding tert-OH is 2. The van der Waals surface area contributed by atoms with Crippen LogP contribution >= 0.6 is 0 Å². The van der Waals surface area contributed by atoms with Gasteiger partial charge < -0.3 is 15.1 Å². The second-order valence-corrected chi connectivity index (χ2v) is 6.54. The summed E-state index contributed by atoms with van der Waals surface area (Å²) >= 11 is 0. The Morgan fingerprint density at radius 2 is 1.79 bits per heavy atom. The zero-order chi connectivity index (χ0) is 17.5. The van der Waals surface area contributed by atoms with E-state index in [1.54, 1.807) is 50.2 Å². The maximum atomic E-state index is 14.4. The third-order valence-electron chi connectivity index (χ3n) is 4.60. The molecule has 1 aliphatic heterocycles. The van der Waals surface area contributed by atoms with Crippen LogP contribution in [-0.4, -0.2) is 28.8 Å². The molecular formula is C19H20FNO3. The lowest BCUT2D eigenvalue weighted by Crippen LogP contribution is -2.44. The lowest BCUT2D eigenvalue weighted by Gasteiger charge is -2.33. The van der Waals surface area contributed by atoms with E-state index in [9.17, 15) is 19.4 Å². The second-order valence-electron chi connectivity index (χ2n) is 6.54. The maximum absolute atomic E-state index is 14.4. The quantitative estimate of drug-likeness (QED) is 0.906. The smallest absolute Gasteiger partial charge is 0.237 e. The molecule has 1 amide bonds. The maximum Gasteiger partial charge on any atom is 0.237 e. The van der Waals surface area contributed by atoms with E-state index in [1.807, 2.05) is 6.07 Å². The molecule has 2 atom stereocenters. The van der Waals surface area contributed by atoms with Crippen LogP contribution in [0.25, 0.3) is 0 Å². The molecule has 3 rings (SSSR count). The average molecular weight is 329 g/mol. The topological polar surface area (TPSA) is 60.8 Å². The van der Waals surface area contributed by atoms with Crippen molar-refractivity contribution >= 4 is 11.6 Å². The van der Waals surface area contributed by atoms with Crippen LogP contribution < -0.4 is 4.90 Å². The van der Waals surface area contributed by atoms with E-state index < -0.39 is 30.0 Å². The fourth-order valence-corrected chi connectivity index (χ4v) is 3.42. The van der Waals surface area contributed by atoms with Crippen LogP contribution in [0.4, 0.5) is 10.1 Å². The number of nitrogens with zero attached hydrogens (tertiary/aromatic N) is 1. The van der Waals surface area contributed by atoms with Gasteiger partial charge in [-0.25, -0.2) is 4.39 Å². The molecule has 0 saturated heterocycles. The van der Waals surface area contributed by atoms with E-state index in [4.69, 9.17) is 0 Å². The minimum atomic E-state index is -1.18. The highest BCUT2D eigenvalue weighted by molar-refractivity contribution is 6.08. The number of hydrogen-bond donors (Lipinski definition) is 2. The molecule has 0 aromatic heterocycles. The van der Waals surface area contributed by atoms with Gasteiger partial charge in [0, 0.05) is 5.56 Å².